The molecule has 1 aromatic carbocycles. The molecule has 0 fully saturated rings. The molecule has 0 spiro atoms. The van der Waals surface area contributed by atoms with Crippen LogP contribution in [0.3, 0.4) is 0 Å². The molecule has 6 heteroatoms. The highest BCUT2D eigenvalue weighted by atomic mass is 35.5. The van der Waals surface area contributed by atoms with Crippen LogP contribution in [0.2, 0.25) is 0 Å². The Kier molecular flexibility index (Phi) is 3.12. The second-order valence-corrected chi connectivity index (χ2v) is 4.33. The van der Waals surface area contributed by atoms with Crippen molar-refractivity contribution in [2.45, 2.75) is 6.42 Å². The molecule has 1 aromatic rings. The maximum atomic E-state index is 11.0. The fraction of sp³-hybridized carbons (Fsp3) is 0.125. The first-order valence-corrected chi connectivity index (χ1v) is 5.42. The van der Waals surface area contributed by atoms with Gasteiger partial charge in [-0.05, 0) is 0 Å². The molecule has 0 bridgehead atoms. The lowest BCUT2D eigenvalue weighted by atomic mass is 10.2. The Morgan fingerprint density at radius 2 is 1.93 bits per heavy atom. The summed E-state index contributed by atoms with van der Waals surface area (Å²) in [7, 11) is -4.17. The van der Waals surface area contributed by atoms with E-state index < -0.39 is 7.75 Å². The molecule has 0 aromatic heterocycles. The van der Waals surface area contributed by atoms with Crippen LogP contribution in [-0.4, -0.2) is 20.3 Å². The highest BCUT2D eigenvalue weighted by Gasteiger charge is 2.36. The lowest BCUT2D eigenvalue weighted by Gasteiger charge is -1.99. The Bertz CT molecular complexity index is 426. The van der Waals surface area contributed by atoms with Crippen molar-refractivity contribution >= 4 is 19.6 Å². The summed E-state index contributed by atoms with van der Waals surface area (Å²) in [4.78, 5) is 17.9. The van der Waals surface area contributed by atoms with Gasteiger partial charge in [0.1, 0.15) is 0 Å². The van der Waals surface area contributed by atoms with Crippen molar-refractivity contribution in [3.8, 4) is 0 Å². The first kappa shape index (κ1) is 11.4. The molecule has 14 heavy (non-hydrogen) atoms. The van der Waals surface area contributed by atoms with Crippen molar-refractivity contribution in [3.63, 3.8) is 0 Å². The summed E-state index contributed by atoms with van der Waals surface area (Å²) in [5.74, 6) is 0. The highest BCUT2D eigenvalue weighted by Crippen LogP contribution is 2.44. The van der Waals surface area contributed by atoms with E-state index in [1.54, 1.807) is 12.1 Å². The van der Waals surface area contributed by atoms with Gasteiger partial charge in [0.15, 0.2) is 6.21 Å². The maximum absolute atomic E-state index is 11.0. The number of fused-ring (bicyclic) bond motifs is 1. The second kappa shape index (κ2) is 3.83. The number of nitrogens with zero attached hydrogens (tertiary/aromatic N) is 1. The topological polar surface area (TPSA) is 60.5 Å². The van der Waals surface area contributed by atoms with Crippen molar-refractivity contribution in [1.29, 1.82) is 0 Å². The number of halogens is 1. The van der Waals surface area contributed by atoms with Crippen molar-refractivity contribution in [1.82, 2.24) is 0 Å². The average molecular weight is 234 g/mol. The highest BCUT2D eigenvalue weighted by molar-refractivity contribution is 7.45. The zero-order valence-electron chi connectivity index (χ0n) is 7.17. The van der Waals surface area contributed by atoms with E-state index in [1.807, 2.05) is 12.1 Å². The van der Waals surface area contributed by atoms with Gasteiger partial charge in [-0.3, -0.25) is 9.79 Å². The maximum Gasteiger partial charge on any atom is 0.607 e. The van der Waals surface area contributed by atoms with Crippen LogP contribution in [0, 0.1) is 0 Å². The molecule has 1 heterocycles. The Hall–Kier alpha value is -0.670. The van der Waals surface area contributed by atoms with Crippen LogP contribution in [0.25, 0.3) is 0 Å². The van der Waals surface area contributed by atoms with Crippen molar-refractivity contribution in [3.05, 3.63) is 29.8 Å². The standard InChI is InChI=1S/C8H8NO3P.ClH/c10-13(11,12)9-6-5-7-3-1-2-4-8(7)9;/h1-4,6H,5H2,(H-,10,11,12);1H. The van der Waals surface area contributed by atoms with E-state index in [4.69, 9.17) is 9.79 Å². The SMILES string of the molecule is O=P(O)(O)[N+]1=CCc2ccccc21.[Cl-]. The Morgan fingerprint density at radius 1 is 1.29 bits per heavy atom. The van der Waals surface area contributed by atoms with Gasteiger partial charge in [0.05, 0.1) is 6.42 Å². The Morgan fingerprint density at radius 3 is 2.57 bits per heavy atom. The number of hydrogen-bond acceptors (Lipinski definition) is 1. The molecular formula is C8H9ClNO3P. The van der Waals surface area contributed by atoms with E-state index in [9.17, 15) is 4.57 Å². The lowest BCUT2D eigenvalue weighted by Crippen LogP contribution is -3.00. The van der Waals surface area contributed by atoms with Gasteiger partial charge in [0.25, 0.3) is 0 Å². The van der Waals surface area contributed by atoms with E-state index in [-0.39, 0.29) is 12.4 Å². The number of hydrogen-bond donors (Lipinski definition) is 2. The van der Waals surface area contributed by atoms with Crippen LogP contribution < -0.4 is 12.4 Å². The molecule has 1 aliphatic heterocycles. The fourth-order valence-corrected chi connectivity index (χ4v) is 2.21. The molecule has 0 aliphatic carbocycles. The first-order valence-electron chi connectivity index (χ1n) is 3.85. The fourth-order valence-electron chi connectivity index (χ4n) is 1.44. The molecule has 0 radical (unpaired) electrons. The lowest BCUT2D eigenvalue weighted by molar-refractivity contribution is -0.291. The quantitative estimate of drug-likeness (QED) is 0.555. The first-order chi connectivity index (χ1) is 6.09. The summed E-state index contributed by atoms with van der Waals surface area (Å²) in [6, 6.07) is 7.19. The van der Waals surface area contributed by atoms with Crippen LogP contribution in [-0.2, 0) is 11.0 Å². The van der Waals surface area contributed by atoms with Crippen LogP contribution in [0.1, 0.15) is 5.56 Å². The smallest absolute Gasteiger partial charge is 0.607 e. The van der Waals surface area contributed by atoms with Gasteiger partial charge in [0, 0.05) is 11.6 Å². The molecule has 0 amide bonds. The van der Waals surface area contributed by atoms with Gasteiger partial charge in [-0.2, -0.15) is 4.57 Å². The minimum Gasteiger partial charge on any atom is -1.00 e. The Balaban J connectivity index is 0.000000980. The molecule has 0 unspecified atom stereocenters. The minimum absolute atomic E-state index is 0. The van der Waals surface area contributed by atoms with E-state index in [2.05, 4.69) is 0 Å². The van der Waals surface area contributed by atoms with Crippen molar-refractivity contribution in [2.24, 2.45) is 0 Å². The van der Waals surface area contributed by atoms with Crippen LogP contribution >= 0.6 is 7.75 Å². The van der Waals surface area contributed by atoms with Crippen LogP contribution in [0.5, 0.6) is 0 Å². The van der Waals surface area contributed by atoms with Gasteiger partial charge in [0.2, 0.25) is 5.69 Å². The van der Waals surface area contributed by atoms with Crippen molar-refractivity contribution < 1.29 is 31.1 Å². The monoisotopic (exact) mass is 233 g/mol. The largest absolute Gasteiger partial charge is 1.00 e. The third kappa shape index (κ3) is 1.88. The van der Waals surface area contributed by atoms with Crippen LogP contribution in [0.4, 0.5) is 5.69 Å². The molecular weight excluding hydrogens is 225 g/mol. The predicted octanol–water partition coefficient (Wildman–Crippen LogP) is -1.95. The van der Waals surface area contributed by atoms with E-state index in [0.717, 1.165) is 9.91 Å². The van der Waals surface area contributed by atoms with E-state index >= 15 is 0 Å². The van der Waals surface area contributed by atoms with E-state index in [0.29, 0.717) is 12.1 Å². The second-order valence-electron chi connectivity index (χ2n) is 2.87. The minimum atomic E-state index is -4.17. The van der Waals surface area contributed by atoms with Crippen molar-refractivity contribution in [2.75, 3.05) is 0 Å². The summed E-state index contributed by atoms with van der Waals surface area (Å²) in [5, 5.41) is 0. The summed E-state index contributed by atoms with van der Waals surface area (Å²) in [6.07, 6.45) is 2.10. The van der Waals surface area contributed by atoms with Gasteiger partial charge in [-0.15, -0.1) is 4.35 Å². The van der Waals surface area contributed by atoms with Gasteiger partial charge in [-0.25, -0.2) is 0 Å². The summed E-state index contributed by atoms with van der Waals surface area (Å²) in [6.45, 7) is 0. The zero-order chi connectivity index (χ0) is 9.47. The van der Waals surface area contributed by atoms with E-state index in [1.165, 1.54) is 6.21 Å². The molecule has 4 nitrogen and oxygen atoms in total. The van der Waals surface area contributed by atoms with Gasteiger partial charge in [-0.1, -0.05) is 18.2 Å². The third-order valence-corrected chi connectivity index (χ3v) is 2.94. The molecule has 2 N–H and O–H groups in total. The van der Waals surface area contributed by atoms with Crippen LogP contribution in [0.15, 0.2) is 24.3 Å². The molecule has 0 atom stereocenters. The van der Waals surface area contributed by atoms with Gasteiger partial charge >= 0.3 is 7.75 Å². The number of para-hydroxylation sites is 1. The number of benzene rings is 1. The molecule has 76 valence electrons. The molecule has 1 aliphatic rings. The molecule has 0 saturated heterocycles. The third-order valence-electron chi connectivity index (χ3n) is 2.00. The molecule has 2 rings (SSSR count). The van der Waals surface area contributed by atoms with Gasteiger partial charge < -0.3 is 12.4 Å². The molecule has 0 saturated carbocycles. The Labute approximate surface area is 87.5 Å². The summed E-state index contributed by atoms with van der Waals surface area (Å²) in [5.41, 5.74) is 1.56. The summed E-state index contributed by atoms with van der Waals surface area (Å²) < 4.78 is 12.0. The average Bonchev–Trinajstić information content (AvgIpc) is 2.45. The predicted molar refractivity (Wildman–Crippen MR) is 48.2 cm³/mol. The summed E-state index contributed by atoms with van der Waals surface area (Å²) >= 11 is 0. The number of rotatable bonds is 1. The zero-order valence-corrected chi connectivity index (χ0v) is 8.82. The normalized spacial score (nSPS) is 14.3.